The molecule has 1 saturated carbocycles. The molecule has 0 N–H and O–H groups in total. The lowest BCUT2D eigenvalue weighted by atomic mass is 9.96. The first kappa shape index (κ1) is 13.5. The second kappa shape index (κ2) is 6.24. The van der Waals surface area contributed by atoms with Gasteiger partial charge in [-0.25, -0.2) is 0 Å². The van der Waals surface area contributed by atoms with E-state index in [-0.39, 0.29) is 6.10 Å². The van der Waals surface area contributed by atoms with Gasteiger partial charge in [-0.2, -0.15) is 4.89 Å². The Kier molecular flexibility index (Phi) is 4.96. The SMILES string of the molecule is C=COOC1CC(C(=O)OC)C(C(=O)OC)C1. The summed E-state index contributed by atoms with van der Waals surface area (Å²) in [5.74, 6) is -1.98. The highest BCUT2D eigenvalue weighted by Crippen LogP contribution is 2.35. The smallest absolute Gasteiger partial charge is 0.309 e. The molecule has 0 aromatic carbocycles. The minimum Gasteiger partial charge on any atom is -0.469 e. The average Bonchev–Trinajstić information content (AvgIpc) is 2.78. The molecule has 0 saturated heterocycles. The van der Waals surface area contributed by atoms with Crippen LogP contribution in [0.25, 0.3) is 0 Å². The van der Waals surface area contributed by atoms with Crippen molar-refractivity contribution in [2.75, 3.05) is 14.2 Å². The predicted octanol–water partition coefficient (Wildman–Crippen LogP) is 0.819. The van der Waals surface area contributed by atoms with Crippen molar-refractivity contribution in [3.8, 4) is 0 Å². The summed E-state index contributed by atoms with van der Waals surface area (Å²) >= 11 is 0. The Morgan fingerprint density at radius 1 is 1.12 bits per heavy atom. The molecule has 2 atom stereocenters. The standard InChI is InChI=1S/C11H16O6/c1-4-16-17-7-5-8(10(12)14-2)9(6-7)11(13)15-3/h4,7-9H,1,5-6H2,2-3H3. The maximum absolute atomic E-state index is 11.5. The lowest BCUT2D eigenvalue weighted by Gasteiger charge is -2.13. The van der Waals surface area contributed by atoms with Gasteiger partial charge in [0.1, 0.15) is 12.4 Å². The lowest BCUT2D eigenvalue weighted by Crippen LogP contribution is -2.27. The highest BCUT2D eigenvalue weighted by atomic mass is 17.2. The van der Waals surface area contributed by atoms with Gasteiger partial charge < -0.3 is 14.4 Å². The molecule has 1 aliphatic rings. The molecule has 0 heterocycles. The quantitative estimate of drug-likeness (QED) is 0.308. The summed E-state index contributed by atoms with van der Waals surface area (Å²) in [5.41, 5.74) is 0. The first-order chi connectivity index (χ1) is 8.13. The Morgan fingerprint density at radius 2 is 1.59 bits per heavy atom. The second-order valence-electron chi connectivity index (χ2n) is 3.71. The molecule has 1 rings (SSSR count). The number of carbonyl (C=O) groups is 2. The molecule has 0 spiro atoms. The van der Waals surface area contributed by atoms with Gasteiger partial charge in [0.05, 0.1) is 26.1 Å². The summed E-state index contributed by atoms with van der Waals surface area (Å²) in [5, 5.41) is 0. The third-order valence-corrected chi connectivity index (χ3v) is 2.79. The van der Waals surface area contributed by atoms with Gasteiger partial charge in [0, 0.05) is 0 Å². The summed E-state index contributed by atoms with van der Waals surface area (Å²) in [7, 11) is 2.57. The van der Waals surface area contributed by atoms with Crippen molar-refractivity contribution in [2.24, 2.45) is 11.8 Å². The summed E-state index contributed by atoms with van der Waals surface area (Å²) in [6, 6.07) is 0. The van der Waals surface area contributed by atoms with E-state index in [9.17, 15) is 9.59 Å². The molecular weight excluding hydrogens is 228 g/mol. The molecule has 2 unspecified atom stereocenters. The second-order valence-corrected chi connectivity index (χ2v) is 3.71. The van der Waals surface area contributed by atoms with Crippen molar-refractivity contribution in [3.05, 3.63) is 12.8 Å². The third-order valence-electron chi connectivity index (χ3n) is 2.79. The number of ether oxygens (including phenoxy) is 2. The van der Waals surface area contributed by atoms with Gasteiger partial charge in [-0.15, -0.1) is 0 Å². The molecule has 96 valence electrons. The van der Waals surface area contributed by atoms with Crippen LogP contribution in [0, 0.1) is 11.8 Å². The Hall–Kier alpha value is -1.56. The predicted molar refractivity (Wildman–Crippen MR) is 56.4 cm³/mol. The number of carbonyl (C=O) groups excluding carboxylic acids is 2. The van der Waals surface area contributed by atoms with Gasteiger partial charge in [-0.1, -0.05) is 6.58 Å². The molecule has 1 aliphatic carbocycles. The van der Waals surface area contributed by atoms with Crippen LogP contribution in [0.15, 0.2) is 12.8 Å². The Balaban J connectivity index is 2.68. The highest BCUT2D eigenvalue weighted by Gasteiger charge is 2.45. The van der Waals surface area contributed by atoms with Crippen LogP contribution >= 0.6 is 0 Å². The van der Waals surface area contributed by atoms with Crippen LogP contribution in [-0.2, 0) is 28.8 Å². The maximum Gasteiger partial charge on any atom is 0.309 e. The highest BCUT2D eigenvalue weighted by molar-refractivity contribution is 5.82. The molecule has 0 aromatic heterocycles. The van der Waals surface area contributed by atoms with E-state index in [0.29, 0.717) is 12.8 Å². The van der Waals surface area contributed by atoms with Gasteiger partial charge in [0.25, 0.3) is 0 Å². The van der Waals surface area contributed by atoms with Crippen molar-refractivity contribution in [1.29, 1.82) is 0 Å². The van der Waals surface area contributed by atoms with Gasteiger partial charge in [-0.3, -0.25) is 9.59 Å². The van der Waals surface area contributed by atoms with E-state index in [1.165, 1.54) is 14.2 Å². The minimum atomic E-state index is -0.550. The number of methoxy groups -OCH3 is 2. The van der Waals surface area contributed by atoms with Gasteiger partial charge >= 0.3 is 11.9 Å². The van der Waals surface area contributed by atoms with Crippen LogP contribution in [-0.4, -0.2) is 32.3 Å². The van der Waals surface area contributed by atoms with E-state index in [0.717, 1.165) is 6.26 Å². The van der Waals surface area contributed by atoms with Crippen LogP contribution in [0.2, 0.25) is 0 Å². The van der Waals surface area contributed by atoms with E-state index in [2.05, 4.69) is 20.9 Å². The van der Waals surface area contributed by atoms with E-state index >= 15 is 0 Å². The summed E-state index contributed by atoms with van der Waals surface area (Å²) in [4.78, 5) is 32.6. The van der Waals surface area contributed by atoms with Crippen molar-refractivity contribution in [1.82, 2.24) is 0 Å². The topological polar surface area (TPSA) is 71.1 Å². The van der Waals surface area contributed by atoms with Crippen LogP contribution in [0.3, 0.4) is 0 Å². The van der Waals surface area contributed by atoms with Crippen LogP contribution in [0.1, 0.15) is 12.8 Å². The molecule has 0 amide bonds. The monoisotopic (exact) mass is 244 g/mol. The van der Waals surface area contributed by atoms with Gasteiger partial charge in [0.2, 0.25) is 0 Å². The average molecular weight is 244 g/mol. The van der Waals surface area contributed by atoms with Crippen molar-refractivity contribution >= 4 is 11.9 Å². The molecule has 17 heavy (non-hydrogen) atoms. The van der Waals surface area contributed by atoms with Gasteiger partial charge in [-0.05, 0) is 12.8 Å². The van der Waals surface area contributed by atoms with Gasteiger partial charge in [0.15, 0.2) is 0 Å². The summed E-state index contributed by atoms with van der Waals surface area (Å²) in [6.45, 7) is 3.33. The van der Waals surface area contributed by atoms with Crippen LogP contribution in [0.5, 0.6) is 0 Å². The van der Waals surface area contributed by atoms with Crippen molar-refractivity contribution < 1.29 is 28.8 Å². The molecule has 0 aliphatic heterocycles. The van der Waals surface area contributed by atoms with E-state index in [1.807, 2.05) is 0 Å². The molecule has 6 heteroatoms. The Bertz CT molecular complexity index is 276. The maximum atomic E-state index is 11.5. The zero-order valence-electron chi connectivity index (χ0n) is 9.88. The lowest BCUT2D eigenvalue weighted by molar-refractivity contribution is -0.281. The molecule has 0 bridgehead atoms. The first-order valence-corrected chi connectivity index (χ1v) is 5.22. The Morgan fingerprint density at radius 3 is 1.94 bits per heavy atom. The number of rotatable bonds is 5. The van der Waals surface area contributed by atoms with Crippen molar-refractivity contribution in [3.63, 3.8) is 0 Å². The normalized spacial score (nSPS) is 27.3. The molecule has 1 fully saturated rings. The fourth-order valence-corrected chi connectivity index (χ4v) is 2.01. The Labute approximate surface area is 99.4 Å². The first-order valence-electron chi connectivity index (χ1n) is 5.22. The van der Waals surface area contributed by atoms with E-state index in [1.54, 1.807) is 0 Å². The van der Waals surface area contributed by atoms with E-state index < -0.39 is 23.8 Å². The minimum absolute atomic E-state index is 0.346. The van der Waals surface area contributed by atoms with Crippen molar-refractivity contribution in [2.45, 2.75) is 18.9 Å². The van der Waals surface area contributed by atoms with Crippen LogP contribution in [0.4, 0.5) is 0 Å². The fourth-order valence-electron chi connectivity index (χ4n) is 2.01. The van der Waals surface area contributed by atoms with E-state index in [4.69, 9.17) is 4.89 Å². The number of esters is 2. The summed E-state index contributed by atoms with van der Waals surface area (Å²) in [6.07, 6.45) is 1.51. The summed E-state index contributed by atoms with van der Waals surface area (Å²) < 4.78 is 9.30. The zero-order chi connectivity index (χ0) is 12.8. The zero-order valence-corrected chi connectivity index (χ0v) is 9.88. The molecule has 0 aromatic rings. The largest absolute Gasteiger partial charge is 0.469 e. The number of hydrogen-bond acceptors (Lipinski definition) is 6. The number of hydrogen-bond donors (Lipinski definition) is 0. The molecule has 6 nitrogen and oxygen atoms in total. The van der Waals surface area contributed by atoms with Crippen LogP contribution < -0.4 is 0 Å². The molecule has 0 radical (unpaired) electrons. The fraction of sp³-hybridized carbons (Fsp3) is 0.636. The molecular formula is C11H16O6. The third kappa shape index (κ3) is 3.20.